The number of phenolic OH excluding ortho intramolecular Hbond substituents is 3. The van der Waals surface area contributed by atoms with Gasteiger partial charge < -0.3 is 15.3 Å². The highest BCUT2D eigenvalue weighted by atomic mass is 16.3. The Morgan fingerprint density at radius 3 is 1.92 bits per heavy atom. The number of aromatic hydroxyl groups is 3. The molecule has 3 N–H and O–H groups in total. The van der Waals surface area contributed by atoms with E-state index >= 15 is 0 Å². The molecule has 3 nitrogen and oxygen atoms in total. The van der Waals surface area contributed by atoms with Crippen molar-refractivity contribution >= 4 is 6.08 Å². The summed E-state index contributed by atoms with van der Waals surface area (Å²) in [5.74, 6) is 0.0633. The number of rotatable bonds is 11. The minimum Gasteiger partial charge on any atom is -0.507 e. The molecule has 0 saturated carbocycles. The topological polar surface area (TPSA) is 60.7 Å². The van der Waals surface area contributed by atoms with Crippen molar-refractivity contribution in [1.29, 1.82) is 0 Å². The lowest BCUT2D eigenvalue weighted by molar-refractivity contribution is 0.389. The smallest absolute Gasteiger partial charge is 0.168 e. The second-order valence-electron chi connectivity index (χ2n) is 7.39. The van der Waals surface area contributed by atoms with Crippen molar-refractivity contribution in [1.82, 2.24) is 0 Å². The summed E-state index contributed by atoms with van der Waals surface area (Å²) < 4.78 is 0. The third-order valence-corrected chi connectivity index (χ3v) is 4.76. The number of allylic oxidation sites excluding steroid dienone is 1. The Bertz CT molecular complexity index is 559. The fourth-order valence-corrected chi connectivity index (χ4v) is 3.09. The zero-order chi connectivity index (χ0) is 18.8. The monoisotopic (exact) mass is 348 g/mol. The first-order chi connectivity index (χ1) is 11.9. The van der Waals surface area contributed by atoms with Gasteiger partial charge in [-0.2, -0.15) is 0 Å². The number of phenols is 3. The van der Waals surface area contributed by atoms with E-state index in [9.17, 15) is 15.3 Å². The lowest BCUT2D eigenvalue weighted by Gasteiger charge is -2.15. The molecule has 0 amide bonds. The fourth-order valence-electron chi connectivity index (χ4n) is 3.09. The van der Waals surface area contributed by atoms with Crippen LogP contribution in [0.15, 0.2) is 6.08 Å². The number of unbranched alkanes of at least 4 members (excludes halogenated alkanes) is 7. The molecular weight excluding hydrogens is 312 g/mol. The van der Waals surface area contributed by atoms with E-state index in [-0.39, 0.29) is 17.2 Å². The van der Waals surface area contributed by atoms with E-state index in [1.807, 2.05) is 19.9 Å². The predicted molar refractivity (Wildman–Crippen MR) is 106 cm³/mol. The summed E-state index contributed by atoms with van der Waals surface area (Å²) in [7, 11) is 0. The van der Waals surface area contributed by atoms with Crippen LogP contribution < -0.4 is 0 Å². The molecule has 0 radical (unpaired) electrons. The van der Waals surface area contributed by atoms with Gasteiger partial charge >= 0.3 is 0 Å². The summed E-state index contributed by atoms with van der Waals surface area (Å²) in [5.41, 5.74) is 1.66. The molecular formula is C22H36O3. The average molecular weight is 349 g/mol. The van der Waals surface area contributed by atoms with E-state index in [1.165, 1.54) is 38.5 Å². The second kappa shape index (κ2) is 11.1. The SMILES string of the molecule is CCCCCCCCCCc1c(C)c(O)c(O)c(/C=C/C(C)C)c1O. The van der Waals surface area contributed by atoms with E-state index in [1.54, 1.807) is 13.0 Å². The summed E-state index contributed by atoms with van der Waals surface area (Å²) in [4.78, 5) is 0. The molecule has 0 bridgehead atoms. The van der Waals surface area contributed by atoms with Crippen molar-refractivity contribution in [3.8, 4) is 17.2 Å². The Hall–Kier alpha value is -1.64. The first-order valence-corrected chi connectivity index (χ1v) is 9.84. The standard InChI is InChI=1S/C22H36O3/c1-5-6-7-8-9-10-11-12-13-18-17(4)20(23)22(25)19(21(18)24)15-14-16(2)3/h14-16,23-25H,5-13H2,1-4H3/b15-14+. The maximum atomic E-state index is 10.6. The summed E-state index contributed by atoms with van der Waals surface area (Å²) in [5, 5.41) is 30.9. The quantitative estimate of drug-likeness (QED) is 0.244. The van der Waals surface area contributed by atoms with Crippen LogP contribution in [0.1, 0.15) is 88.8 Å². The largest absolute Gasteiger partial charge is 0.507 e. The molecule has 25 heavy (non-hydrogen) atoms. The molecule has 1 aromatic carbocycles. The van der Waals surface area contributed by atoms with Gasteiger partial charge in [0.2, 0.25) is 0 Å². The van der Waals surface area contributed by atoms with Gasteiger partial charge in [-0.1, -0.05) is 77.9 Å². The molecule has 3 heteroatoms. The summed E-state index contributed by atoms with van der Waals surface area (Å²) in [6, 6.07) is 0. The van der Waals surface area contributed by atoms with Crippen molar-refractivity contribution in [2.45, 2.75) is 85.5 Å². The predicted octanol–water partition coefficient (Wildman–Crippen LogP) is 6.46. The van der Waals surface area contributed by atoms with Gasteiger partial charge in [0.25, 0.3) is 0 Å². The molecule has 0 fully saturated rings. The Kier molecular flexibility index (Phi) is 9.48. The summed E-state index contributed by atoms with van der Waals surface area (Å²) in [6.07, 6.45) is 14.2. The molecule has 0 aliphatic carbocycles. The Morgan fingerprint density at radius 2 is 1.36 bits per heavy atom. The van der Waals surface area contributed by atoms with Crippen LogP contribution >= 0.6 is 0 Å². The number of benzene rings is 1. The second-order valence-corrected chi connectivity index (χ2v) is 7.39. The van der Waals surface area contributed by atoms with Crippen molar-refractivity contribution in [3.63, 3.8) is 0 Å². The average Bonchev–Trinajstić information content (AvgIpc) is 2.57. The van der Waals surface area contributed by atoms with E-state index in [0.29, 0.717) is 17.0 Å². The van der Waals surface area contributed by atoms with E-state index in [0.717, 1.165) is 24.8 Å². The summed E-state index contributed by atoms with van der Waals surface area (Å²) in [6.45, 7) is 8.04. The van der Waals surface area contributed by atoms with Crippen molar-refractivity contribution in [2.24, 2.45) is 5.92 Å². The third kappa shape index (κ3) is 6.64. The van der Waals surface area contributed by atoms with E-state index in [4.69, 9.17) is 0 Å². The highest BCUT2D eigenvalue weighted by molar-refractivity contribution is 5.72. The number of hydrogen-bond donors (Lipinski definition) is 3. The van der Waals surface area contributed by atoms with Crippen LogP contribution in [-0.2, 0) is 6.42 Å². The van der Waals surface area contributed by atoms with E-state index in [2.05, 4.69) is 6.92 Å². The zero-order valence-corrected chi connectivity index (χ0v) is 16.4. The lowest BCUT2D eigenvalue weighted by atomic mass is 9.95. The van der Waals surface area contributed by atoms with Crippen LogP contribution in [-0.4, -0.2) is 15.3 Å². The first kappa shape index (κ1) is 21.4. The number of hydrogen-bond acceptors (Lipinski definition) is 3. The first-order valence-electron chi connectivity index (χ1n) is 9.84. The van der Waals surface area contributed by atoms with Crippen molar-refractivity contribution < 1.29 is 15.3 Å². The molecule has 0 atom stereocenters. The van der Waals surface area contributed by atoms with Crippen molar-refractivity contribution in [2.75, 3.05) is 0 Å². The lowest BCUT2D eigenvalue weighted by Crippen LogP contribution is -1.95. The fraction of sp³-hybridized carbons (Fsp3) is 0.636. The van der Waals surface area contributed by atoms with Crippen molar-refractivity contribution in [3.05, 3.63) is 22.8 Å². The molecule has 1 aromatic rings. The highest BCUT2D eigenvalue weighted by Crippen LogP contribution is 2.43. The van der Waals surface area contributed by atoms with Crippen LogP contribution in [0.4, 0.5) is 0 Å². The third-order valence-electron chi connectivity index (χ3n) is 4.76. The molecule has 142 valence electrons. The van der Waals surface area contributed by atoms with Gasteiger partial charge in [-0.3, -0.25) is 0 Å². The molecule has 0 saturated heterocycles. The van der Waals surface area contributed by atoms with Gasteiger partial charge in [0.05, 0.1) is 5.56 Å². The van der Waals surface area contributed by atoms with Crippen LogP contribution in [0.25, 0.3) is 6.08 Å². The minimum absolute atomic E-state index is 0.104. The van der Waals surface area contributed by atoms with Crippen LogP contribution in [0, 0.1) is 12.8 Å². The Morgan fingerprint density at radius 1 is 0.800 bits per heavy atom. The maximum absolute atomic E-state index is 10.6. The molecule has 0 unspecified atom stereocenters. The minimum atomic E-state index is -0.230. The van der Waals surface area contributed by atoms with Gasteiger partial charge in [-0.05, 0) is 25.7 Å². The van der Waals surface area contributed by atoms with Gasteiger partial charge in [0, 0.05) is 11.1 Å². The zero-order valence-electron chi connectivity index (χ0n) is 16.4. The van der Waals surface area contributed by atoms with Crippen LogP contribution in [0.5, 0.6) is 17.2 Å². The molecule has 1 rings (SSSR count). The molecule has 0 heterocycles. The highest BCUT2D eigenvalue weighted by Gasteiger charge is 2.19. The Labute approximate surface area is 153 Å². The van der Waals surface area contributed by atoms with Gasteiger partial charge in [0.1, 0.15) is 5.75 Å². The van der Waals surface area contributed by atoms with Gasteiger partial charge in [-0.25, -0.2) is 0 Å². The maximum Gasteiger partial charge on any atom is 0.168 e. The van der Waals surface area contributed by atoms with Gasteiger partial charge in [0.15, 0.2) is 11.5 Å². The Balaban J connectivity index is 2.70. The molecule has 0 aliphatic rings. The molecule has 0 aromatic heterocycles. The summed E-state index contributed by atoms with van der Waals surface area (Å²) >= 11 is 0. The van der Waals surface area contributed by atoms with Gasteiger partial charge in [-0.15, -0.1) is 0 Å². The molecule has 0 spiro atoms. The van der Waals surface area contributed by atoms with Crippen LogP contribution in [0.2, 0.25) is 0 Å². The normalized spacial score (nSPS) is 11.7. The van der Waals surface area contributed by atoms with E-state index < -0.39 is 0 Å². The molecule has 0 aliphatic heterocycles. The van der Waals surface area contributed by atoms with Crippen LogP contribution in [0.3, 0.4) is 0 Å².